The van der Waals surface area contributed by atoms with Crippen LogP contribution in [0.25, 0.3) is 0 Å². The molecule has 0 aliphatic carbocycles. The van der Waals surface area contributed by atoms with E-state index in [9.17, 15) is 18.4 Å². The Morgan fingerprint density at radius 1 is 1.30 bits per heavy atom. The van der Waals surface area contributed by atoms with E-state index < -0.39 is 37.0 Å². The smallest absolute Gasteiger partial charge is 0.411 e. The number of amides is 1. The highest BCUT2D eigenvalue weighted by Crippen LogP contribution is 2.25. The Balaban J connectivity index is 1.99. The van der Waals surface area contributed by atoms with Gasteiger partial charge in [-0.1, -0.05) is 30.3 Å². The molecule has 1 fully saturated rings. The Hall–Kier alpha value is -2.18. The molecular formula is C13H13F2NO4. The van der Waals surface area contributed by atoms with Crippen LogP contribution in [0.4, 0.5) is 13.6 Å². The summed E-state index contributed by atoms with van der Waals surface area (Å²) < 4.78 is 31.5. The molecule has 0 saturated carbocycles. The Kier molecular flexibility index (Phi) is 4.16. The SMILES string of the molecule is O=C(O)[C@@H]1[C@@H](F)[C@@H](F)CN1C(=O)OCc1ccccc1. The number of hydrogen-bond acceptors (Lipinski definition) is 3. The van der Waals surface area contributed by atoms with E-state index in [4.69, 9.17) is 9.84 Å². The number of carboxylic acid groups (broad SMARTS) is 1. The number of benzene rings is 1. The van der Waals surface area contributed by atoms with Gasteiger partial charge in [-0.05, 0) is 5.56 Å². The van der Waals surface area contributed by atoms with Crippen LogP contribution in [0.2, 0.25) is 0 Å². The van der Waals surface area contributed by atoms with Gasteiger partial charge in [0.25, 0.3) is 0 Å². The van der Waals surface area contributed by atoms with Crippen molar-refractivity contribution in [3.63, 3.8) is 0 Å². The number of halogens is 2. The Labute approximate surface area is 113 Å². The third-order valence-corrected chi connectivity index (χ3v) is 3.05. The predicted octanol–water partition coefficient (Wildman–Crippen LogP) is 1.77. The standard InChI is InChI=1S/C13H13F2NO4/c14-9-6-16(11(10(9)15)12(17)18)13(19)20-7-8-4-2-1-3-5-8/h1-5,9-11H,6-7H2,(H,17,18)/t9-,10-,11-/m0/s1. The molecule has 1 N–H and O–H groups in total. The molecule has 20 heavy (non-hydrogen) atoms. The summed E-state index contributed by atoms with van der Waals surface area (Å²) in [5.41, 5.74) is 0.695. The zero-order valence-electron chi connectivity index (χ0n) is 10.4. The minimum atomic E-state index is -2.24. The fourth-order valence-corrected chi connectivity index (χ4v) is 2.03. The summed E-state index contributed by atoms with van der Waals surface area (Å²) in [5.74, 6) is -1.59. The first kappa shape index (κ1) is 14.2. The Bertz CT molecular complexity index is 496. The first-order valence-electron chi connectivity index (χ1n) is 5.99. The molecule has 1 aromatic rings. The molecule has 0 unspecified atom stereocenters. The third-order valence-electron chi connectivity index (χ3n) is 3.05. The maximum atomic E-state index is 13.4. The second kappa shape index (κ2) is 5.85. The van der Waals surface area contributed by atoms with Crippen LogP contribution in [0.3, 0.4) is 0 Å². The van der Waals surface area contributed by atoms with Crippen molar-refractivity contribution in [2.45, 2.75) is 25.0 Å². The molecule has 1 aliphatic rings. The lowest BCUT2D eigenvalue weighted by Crippen LogP contribution is -2.44. The van der Waals surface area contributed by atoms with Crippen LogP contribution in [0, 0.1) is 0 Å². The second-order valence-electron chi connectivity index (χ2n) is 4.44. The van der Waals surface area contributed by atoms with Crippen LogP contribution in [-0.2, 0) is 16.1 Å². The Morgan fingerprint density at radius 2 is 1.95 bits per heavy atom. The largest absolute Gasteiger partial charge is 0.480 e. The van der Waals surface area contributed by atoms with Gasteiger partial charge in [0.1, 0.15) is 6.61 Å². The van der Waals surface area contributed by atoms with Gasteiger partial charge in [-0.2, -0.15) is 0 Å². The monoisotopic (exact) mass is 285 g/mol. The molecule has 1 aliphatic heterocycles. The second-order valence-corrected chi connectivity index (χ2v) is 4.44. The van der Waals surface area contributed by atoms with Gasteiger partial charge in [0.05, 0.1) is 6.54 Å². The van der Waals surface area contributed by atoms with E-state index in [1.54, 1.807) is 30.3 Å². The summed E-state index contributed by atoms with van der Waals surface area (Å²) in [6.07, 6.45) is -5.29. The summed E-state index contributed by atoms with van der Waals surface area (Å²) in [4.78, 5) is 23.2. The van der Waals surface area contributed by atoms with Crippen LogP contribution in [0.5, 0.6) is 0 Å². The van der Waals surface area contributed by atoms with Gasteiger partial charge in [0, 0.05) is 0 Å². The number of carbonyl (C=O) groups excluding carboxylic acids is 1. The fourth-order valence-electron chi connectivity index (χ4n) is 2.03. The number of hydrogen-bond donors (Lipinski definition) is 1. The minimum Gasteiger partial charge on any atom is -0.480 e. The maximum Gasteiger partial charge on any atom is 0.411 e. The van der Waals surface area contributed by atoms with E-state index in [0.29, 0.717) is 10.5 Å². The van der Waals surface area contributed by atoms with Crippen molar-refractivity contribution < 1.29 is 28.2 Å². The zero-order chi connectivity index (χ0) is 14.7. The number of ether oxygens (including phenoxy) is 1. The average Bonchev–Trinajstić information content (AvgIpc) is 2.73. The summed E-state index contributed by atoms with van der Waals surface area (Å²) in [7, 11) is 0. The molecule has 1 amide bonds. The van der Waals surface area contributed by atoms with Crippen molar-refractivity contribution in [1.82, 2.24) is 4.90 Å². The van der Waals surface area contributed by atoms with E-state index >= 15 is 0 Å². The van der Waals surface area contributed by atoms with Crippen molar-refractivity contribution in [3.8, 4) is 0 Å². The number of nitrogens with zero attached hydrogens (tertiary/aromatic N) is 1. The number of rotatable bonds is 3. The van der Waals surface area contributed by atoms with Crippen molar-refractivity contribution in [3.05, 3.63) is 35.9 Å². The molecule has 0 aromatic heterocycles. The van der Waals surface area contributed by atoms with Gasteiger partial charge in [0.2, 0.25) is 0 Å². The highest BCUT2D eigenvalue weighted by Gasteiger charge is 2.49. The Morgan fingerprint density at radius 3 is 2.55 bits per heavy atom. The van der Waals surface area contributed by atoms with Gasteiger partial charge in [-0.15, -0.1) is 0 Å². The van der Waals surface area contributed by atoms with Crippen LogP contribution in [0.15, 0.2) is 30.3 Å². The summed E-state index contributed by atoms with van der Waals surface area (Å²) in [6, 6.07) is 6.85. The van der Waals surface area contributed by atoms with Gasteiger partial charge >= 0.3 is 12.1 Å². The number of aliphatic carboxylic acids is 1. The van der Waals surface area contributed by atoms with Crippen molar-refractivity contribution in [2.75, 3.05) is 6.54 Å². The normalized spacial score (nSPS) is 25.5. The summed E-state index contributed by atoms with van der Waals surface area (Å²) in [5, 5.41) is 8.85. The zero-order valence-corrected chi connectivity index (χ0v) is 10.4. The van der Waals surface area contributed by atoms with E-state index in [-0.39, 0.29) is 6.61 Å². The van der Waals surface area contributed by atoms with Crippen LogP contribution in [-0.4, -0.2) is 47.0 Å². The fraction of sp³-hybridized carbons (Fsp3) is 0.385. The molecule has 7 heteroatoms. The quantitative estimate of drug-likeness (QED) is 0.919. The third kappa shape index (κ3) is 2.87. The molecule has 1 aromatic carbocycles. The molecule has 108 valence electrons. The van der Waals surface area contributed by atoms with E-state index in [0.717, 1.165) is 0 Å². The number of likely N-dealkylation sites (tertiary alicyclic amines) is 1. The van der Waals surface area contributed by atoms with Crippen molar-refractivity contribution in [1.29, 1.82) is 0 Å². The van der Waals surface area contributed by atoms with Crippen LogP contribution >= 0.6 is 0 Å². The predicted molar refractivity (Wildman–Crippen MR) is 64.5 cm³/mol. The number of carboxylic acids is 1. The highest BCUT2D eigenvalue weighted by atomic mass is 19.2. The summed E-state index contributed by atoms with van der Waals surface area (Å²) >= 11 is 0. The molecule has 0 radical (unpaired) electrons. The first-order chi connectivity index (χ1) is 9.50. The lowest BCUT2D eigenvalue weighted by Gasteiger charge is -2.20. The van der Waals surface area contributed by atoms with Crippen LogP contribution < -0.4 is 0 Å². The van der Waals surface area contributed by atoms with E-state index in [1.807, 2.05) is 0 Å². The lowest BCUT2D eigenvalue weighted by atomic mass is 10.2. The minimum absolute atomic E-state index is 0.0869. The van der Waals surface area contributed by atoms with Gasteiger partial charge in [0.15, 0.2) is 18.4 Å². The summed E-state index contributed by atoms with van der Waals surface area (Å²) in [6.45, 7) is -0.706. The molecule has 3 atom stereocenters. The molecule has 5 nitrogen and oxygen atoms in total. The molecule has 0 spiro atoms. The molecule has 0 bridgehead atoms. The van der Waals surface area contributed by atoms with E-state index in [1.165, 1.54) is 0 Å². The van der Waals surface area contributed by atoms with Gasteiger partial charge in [-0.3, -0.25) is 4.90 Å². The molecular weight excluding hydrogens is 272 g/mol. The molecule has 1 saturated heterocycles. The maximum absolute atomic E-state index is 13.4. The number of carbonyl (C=O) groups is 2. The van der Waals surface area contributed by atoms with E-state index in [2.05, 4.69) is 0 Å². The van der Waals surface area contributed by atoms with Gasteiger partial charge in [-0.25, -0.2) is 18.4 Å². The van der Waals surface area contributed by atoms with Crippen molar-refractivity contribution in [2.24, 2.45) is 0 Å². The average molecular weight is 285 g/mol. The topological polar surface area (TPSA) is 66.8 Å². The van der Waals surface area contributed by atoms with Crippen molar-refractivity contribution >= 4 is 12.1 Å². The first-order valence-corrected chi connectivity index (χ1v) is 5.99. The van der Waals surface area contributed by atoms with Gasteiger partial charge < -0.3 is 9.84 Å². The highest BCUT2D eigenvalue weighted by molar-refractivity contribution is 5.81. The molecule has 2 rings (SSSR count). The molecule has 1 heterocycles. The lowest BCUT2D eigenvalue weighted by molar-refractivity contribution is -0.143. The van der Waals surface area contributed by atoms with Crippen LogP contribution in [0.1, 0.15) is 5.56 Å². The number of alkyl halides is 2.